The van der Waals surface area contributed by atoms with Crippen LogP contribution in [0.15, 0.2) is 11.0 Å². The Hall–Kier alpha value is 0.0500. The third-order valence-electron chi connectivity index (χ3n) is 1.52. The van der Waals surface area contributed by atoms with Gasteiger partial charge in [0.25, 0.3) is 0 Å². The average molecular weight is 158 g/mol. The van der Waals surface area contributed by atoms with Gasteiger partial charge in [0.05, 0.1) is 0 Å². The molecule has 0 aliphatic carbocycles. The Morgan fingerprint density at radius 1 is 1.70 bits per heavy atom. The van der Waals surface area contributed by atoms with Crippen LogP contribution in [0.2, 0.25) is 0 Å². The molecule has 1 unspecified atom stereocenters. The maximum Gasteiger partial charge on any atom is 0.102 e. The summed E-state index contributed by atoms with van der Waals surface area (Å²) in [5.41, 5.74) is -0.505. The van der Waals surface area contributed by atoms with E-state index < -0.39 is 5.60 Å². The Labute approximate surface area is 66.5 Å². The van der Waals surface area contributed by atoms with Crippen molar-refractivity contribution in [1.29, 1.82) is 0 Å². The van der Waals surface area contributed by atoms with Gasteiger partial charge in [0.15, 0.2) is 0 Å². The Balaban J connectivity index is 2.59. The van der Waals surface area contributed by atoms with Crippen molar-refractivity contribution in [2.45, 2.75) is 26.4 Å². The van der Waals surface area contributed by atoms with Crippen molar-refractivity contribution in [1.82, 2.24) is 0 Å². The molecule has 2 heteroatoms. The van der Waals surface area contributed by atoms with Crippen LogP contribution in [0.4, 0.5) is 0 Å². The summed E-state index contributed by atoms with van der Waals surface area (Å²) in [6, 6.07) is 0. The number of thioether (sulfide) groups is 1. The summed E-state index contributed by atoms with van der Waals surface area (Å²) in [6.07, 6.45) is 2.13. The summed E-state index contributed by atoms with van der Waals surface area (Å²) in [4.78, 5) is 1.14. The normalized spacial score (nSPS) is 36.7. The molecule has 0 aromatic rings. The second kappa shape index (κ2) is 2.59. The van der Waals surface area contributed by atoms with Crippen LogP contribution in [0.5, 0.6) is 0 Å². The maximum atomic E-state index is 9.53. The molecule has 1 fully saturated rings. The van der Waals surface area contributed by atoms with E-state index in [1.54, 1.807) is 11.8 Å². The largest absolute Gasteiger partial charge is 0.384 e. The highest BCUT2D eigenvalue weighted by Crippen LogP contribution is 2.42. The van der Waals surface area contributed by atoms with Gasteiger partial charge in [0, 0.05) is 10.7 Å². The molecule has 10 heavy (non-hydrogen) atoms. The van der Waals surface area contributed by atoms with E-state index in [4.69, 9.17) is 0 Å². The lowest BCUT2D eigenvalue weighted by atomic mass is 10.0. The van der Waals surface area contributed by atoms with Crippen molar-refractivity contribution >= 4 is 11.8 Å². The highest BCUT2D eigenvalue weighted by atomic mass is 32.2. The molecular formula is C8H14OS. The molecule has 1 N–H and O–H groups in total. The van der Waals surface area contributed by atoms with Gasteiger partial charge in [-0.25, -0.2) is 0 Å². The monoisotopic (exact) mass is 158 g/mol. The molecule has 1 aliphatic heterocycles. The molecule has 0 bridgehead atoms. The van der Waals surface area contributed by atoms with Crippen molar-refractivity contribution in [2.75, 3.05) is 5.75 Å². The molecule has 1 heterocycles. The van der Waals surface area contributed by atoms with Crippen LogP contribution in [-0.2, 0) is 0 Å². The molecule has 1 nitrogen and oxygen atoms in total. The van der Waals surface area contributed by atoms with Crippen LogP contribution in [-0.4, -0.2) is 16.5 Å². The summed E-state index contributed by atoms with van der Waals surface area (Å²) in [5, 5.41) is 9.53. The first-order valence-electron chi connectivity index (χ1n) is 3.60. The van der Waals surface area contributed by atoms with Crippen LogP contribution in [0.3, 0.4) is 0 Å². The van der Waals surface area contributed by atoms with Crippen molar-refractivity contribution in [3.05, 3.63) is 11.0 Å². The smallest absolute Gasteiger partial charge is 0.102 e. The highest BCUT2D eigenvalue weighted by Gasteiger charge is 2.35. The SMILES string of the molecule is CC(C)/C=C1\SCC1(C)O. The van der Waals surface area contributed by atoms with Gasteiger partial charge in [-0.2, -0.15) is 0 Å². The molecule has 0 aromatic carbocycles. The van der Waals surface area contributed by atoms with Crippen LogP contribution in [0.25, 0.3) is 0 Å². The van der Waals surface area contributed by atoms with E-state index >= 15 is 0 Å². The zero-order valence-corrected chi connectivity index (χ0v) is 7.53. The van der Waals surface area contributed by atoms with Gasteiger partial charge in [-0.05, 0) is 12.8 Å². The van der Waals surface area contributed by atoms with Gasteiger partial charge in [0.1, 0.15) is 5.60 Å². The molecule has 0 radical (unpaired) electrons. The Morgan fingerprint density at radius 2 is 2.30 bits per heavy atom. The summed E-state index contributed by atoms with van der Waals surface area (Å²) in [6.45, 7) is 6.13. The molecule has 1 rings (SSSR count). The predicted molar refractivity (Wildman–Crippen MR) is 46.0 cm³/mol. The average Bonchev–Trinajstić information content (AvgIpc) is 1.81. The van der Waals surface area contributed by atoms with Gasteiger partial charge < -0.3 is 5.11 Å². The first-order valence-corrected chi connectivity index (χ1v) is 4.58. The van der Waals surface area contributed by atoms with E-state index in [1.165, 1.54) is 0 Å². The maximum absolute atomic E-state index is 9.53. The lowest BCUT2D eigenvalue weighted by Crippen LogP contribution is -2.37. The van der Waals surface area contributed by atoms with Crippen LogP contribution in [0, 0.1) is 5.92 Å². The van der Waals surface area contributed by atoms with Crippen molar-refractivity contribution in [2.24, 2.45) is 5.92 Å². The lowest BCUT2D eigenvalue weighted by molar-refractivity contribution is 0.124. The summed E-state index contributed by atoms with van der Waals surface area (Å²) in [7, 11) is 0. The molecule has 1 saturated heterocycles. The number of allylic oxidation sites excluding steroid dienone is 1. The highest BCUT2D eigenvalue weighted by molar-refractivity contribution is 8.04. The van der Waals surface area contributed by atoms with E-state index in [0.29, 0.717) is 5.92 Å². The first kappa shape index (κ1) is 8.15. The van der Waals surface area contributed by atoms with Gasteiger partial charge in [-0.15, -0.1) is 11.8 Å². The van der Waals surface area contributed by atoms with E-state index in [9.17, 15) is 5.11 Å². The number of hydrogen-bond donors (Lipinski definition) is 1. The summed E-state index contributed by atoms with van der Waals surface area (Å²) < 4.78 is 0. The third kappa shape index (κ3) is 1.55. The molecular weight excluding hydrogens is 144 g/mol. The Bertz CT molecular complexity index is 159. The van der Waals surface area contributed by atoms with Gasteiger partial charge in [-0.3, -0.25) is 0 Å². The van der Waals surface area contributed by atoms with E-state index in [0.717, 1.165) is 10.7 Å². The minimum absolute atomic E-state index is 0.505. The molecule has 0 spiro atoms. The first-order chi connectivity index (χ1) is 4.52. The molecule has 58 valence electrons. The van der Waals surface area contributed by atoms with E-state index in [-0.39, 0.29) is 0 Å². The molecule has 1 atom stereocenters. The van der Waals surface area contributed by atoms with E-state index in [2.05, 4.69) is 19.9 Å². The van der Waals surface area contributed by atoms with Crippen molar-refractivity contribution < 1.29 is 5.11 Å². The molecule has 0 amide bonds. The molecule has 1 aliphatic rings. The van der Waals surface area contributed by atoms with Crippen molar-refractivity contribution in [3.8, 4) is 0 Å². The number of aliphatic hydroxyl groups is 1. The minimum atomic E-state index is -0.505. The predicted octanol–water partition coefficient (Wildman–Crippen LogP) is 2.02. The van der Waals surface area contributed by atoms with Crippen molar-refractivity contribution in [3.63, 3.8) is 0 Å². The topological polar surface area (TPSA) is 20.2 Å². The third-order valence-corrected chi connectivity index (χ3v) is 3.12. The summed E-state index contributed by atoms with van der Waals surface area (Å²) in [5.74, 6) is 1.40. The molecule has 0 saturated carbocycles. The molecule has 0 aromatic heterocycles. The number of rotatable bonds is 1. The second-order valence-electron chi connectivity index (χ2n) is 3.34. The fourth-order valence-electron chi connectivity index (χ4n) is 0.895. The second-order valence-corrected chi connectivity index (χ2v) is 4.35. The fourth-order valence-corrected chi connectivity index (χ4v) is 1.99. The standard InChI is InChI=1S/C8H14OS/c1-6(2)4-7-8(3,9)5-10-7/h4,6,9H,5H2,1-3H3/b7-4-. The quantitative estimate of drug-likeness (QED) is 0.630. The number of hydrogen-bond acceptors (Lipinski definition) is 2. The summed E-state index contributed by atoms with van der Waals surface area (Å²) >= 11 is 1.75. The zero-order chi connectivity index (χ0) is 7.78. The Kier molecular flexibility index (Phi) is 2.11. The van der Waals surface area contributed by atoms with E-state index in [1.807, 2.05) is 6.92 Å². The minimum Gasteiger partial charge on any atom is -0.384 e. The lowest BCUT2D eigenvalue weighted by Gasteiger charge is -2.36. The fraction of sp³-hybridized carbons (Fsp3) is 0.750. The van der Waals surface area contributed by atoms with Crippen LogP contribution >= 0.6 is 11.8 Å². The zero-order valence-electron chi connectivity index (χ0n) is 6.72. The Morgan fingerprint density at radius 3 is 2.40 bits per heavy atom. The van der Waals surface area contributed by atoms with Gasteiger partial charge in [-0.1, -0.05) is 19.9 Å². The van der Waals surface area contributed by atoms with Gasteiger partial charge in [0.2, 0.25) is 0 Å². The van der Waals surface area contributed by atoms with Crippen LogP contribution < -0.4 is 0 Å². The van der Waals surface area contributed by atoms with Crippen LogP contribution in [0.1, 0.15) is 20.8 Å². The van der Waals surface area contributed by atoms with Gasteiger partial charge >= 0.3 is 0 Å².